The average Bonchev–Trinajstić information content (AvgIpc) is 3.04. The van der Waals surface area contributed by atoms with Gasteiger partial charge < -0.3 is 5.73 Å². The van der Waals surface area contributed by atoms with Crippen LogP contribution in [0, 0.1) is 13.8 Å². The van der Waals surface area contributed by atoms with Crippen LogP contribution in [0.4, 0.5) is 5.82 Å². The summed E-state index contributed by atoms with van der Waals surface area (Å²) in [5.41, 5.74) is 7.79. The monoisotopic (exact) mass is 246 g/mol. The van der Waals surface area contributed by atoms with Crippen molar-refractivity contribution in [2.45, 2.75) is 32.6 Å². The highest BCUT2D eigenvalue weighted by Gasteiger charge is 2.27. The van der Waals surface area contributed by atoms with E-state index in [4.69, 9.17) is 5.73 Å². The van der Waals surface area contributed by atoms with Gasteiger partial charge in [-0.15, -0.1) is 11.3 Å². The lowest BCUT2D eigenvalue weighted by atomic mass is 10.2. The Bertz CT molecular complexity index is 572. The molecule has 1 fully saturated rings. The first-order valence-electron chi connectivity index (χ1n) is 5.72. The molecular formula is C12H14N4S. The maximum absolute atomic E-state index is 5.85. The Hall–Kier alpha value is -1.49. The molecule has 0 amide bonds. The van der Waals surface area contributed by atoms with Gasteiger partial charge in [-0.2, -0.15) is 0 Å². The molecule has 0 aliphatic heterocycles. The molecule has 0 spiro atoms. The van der Waals surface area contributed by atoms with Crippen molar-refractivity contribution in [3.8, 4) is 10.6 Å². The van der Waals surface area contributed by atoms with Crippen LogP contribution in [-0.2, 0) is 0 Å². The molecule has 0 bridgehead atoms. The van der Waals surface area contributed by atoms with Gasteiger partial charge in [0.05, 0.1) is 21.3 Å². The van der Waals surface area contributed by atoms with Crippen LogP contribution >= 0.6 is 11.3 Å². The third-order valence-electron chi connectivity index (χ3n) is 2.84. The summed E-state index contributed by atoms with van der Waals surface area (Å²) in [6, 6.07) is 1.84. The first-order valence-corrected chi connectivity index (χ1v) is 6.54. The lowest BCUT2D eigenvalue weighted by Crippen LogP contribution is -1.99. The minimum absolute atomic E-state index is 0.520. The van der Waals surface area contributed by atoms with Crippen LogP contribution in [0.2, 0.25) is 0 Å². The number of aromatic nitrogens is 3. The molecule has 1 aliphatic carbocycles. The van der Waals surface area contributed by atoms with Crippen molar-refractivity contribution in [3.05, 3.63) is 22.6 Å². The highest BCUT2D eigenvalue weighted by Crippen LogP contribution is 2.39. The third kappa shape index (κ3) is 2.02. The molecule has 2 N–H and O–H groups in total. The van der Waals surface area contributed by atoms with Gasteiger partial charge in [0.2, 0.25) is 0 Å². The summed E-state index contributed by atoms with van der Waals surface area (Å²) in [5.74, 6) is 1.97. The second-order valence-electron chi connectivity index (χ2n) is 4.46. The Labute approximate surface area is 104 Å². The molecule has 17 heavy (non-hydrogen) atoms. The van der Waals surface area contributed by atoms with Gasteiger partial charge in [-0.1, -0.05) is 0 Å². The van der Waals surface area contributed by atoms with E-state index in [1.165, 1.54) is 12.8 Å². The molecule has 4 nitrogen and oxygen atoms in total. The molecule has 2 heterocycles. The van der Waals surface area contributed by atoms with Gasteiger partial charge in [-0.25, -0.2) is 15.0 Å². The molecule has 0 radical (unpaired) electrons. The zero-order valence-corrected chi connectivity index (χ0v) is 10.7. The molecule has 0 atom stereocenters. The number of anilines is 1. The Morgan fingerprint density at radius 3 is 2.59 bits per heavy atom. The molecule has 0 aromatic carbocycles. The number of thiazole rings is 1. The van der Waals surface area contributed by atoms with Gasteiger partial charge in [-0.3, -0.25) is 0 Å². The summed E-state index contributed by atoms with van der Waals surface area (Å²) in [6.07, 6.45) is 2.37. The number of hydrogen-bond acceptors (Lipinski definition) is 5. The lowest BCUT2D eigenvalue weighted by Gasteiger charge is -2.03. The van der Waals surface area contributed by atoms with Crippen molar-refractivity contribution in [2.75, 3.05) is 5.73 Å². The van der Waals surface area contributed by atoms with Gasteiger partial charge in [0.15, 0.2) is 0 Å². The van der Waals surface area contributed by atoms with Crippen molar-refractivity contribution in [1.82, 2.24) is 15.0 Å². The molecule has 5 heteroatoms. The number of hydrogen-bond donors (Lipinski definition) is 1. The summed E-state index contributed by atoms with van der Waals surface area (Å²) < 4.78 is 0. The van der Waals surface area contributed by atoms with Crippen LogP contribution in [0.15, 0.2) is 6.07 Å². The Morgan fingerprint density at radius 1 is 1.24 bits per heavy atom. The predicted molar refractivity (Wildman–Crippen MR) is 69.0 cm³/mol. The third-order valence-corrected chi connectivity index (χ3v) is 3.94. The summed E-state index contributed by atoms with van der Waals surface area (Å²) in [6.45, 7) is 4.02. The topological polar surface area (TPSA) is 64.7 Å². The first kappa shape index (κ1) is 10.7. The minimum atomic E-state index is 0.520. The van der Waals surface area contributed by atoms with Gasteiger partial charge in [0.25, 0.3) is 0 Å². The van der Waals surface area contributed by atoms with E-state index in [0.29, 0.717) is 11.7 Å². The zero-order chi connectivity index (χ0) is 12.0. The van der Waals surface area contributed by atoms with Crippen LogP contribution in [0.5, 0.6) is 0 Å². The SMILES string of the molecule is Cc1nc(C)c(-c2cc(N)nc(C3CC3)n2)s1. The smallest absolute Gasteiger partial charge is 0.134 e. The number of aryl methyl sites for hydroxylation is 2. The zero-order valence-electron chi connectivity index (χ0n) is 9.90. The fourth-order valence-corrected chi connectivity index (χ4v) is 2.78. The quantitative estimate of drug-likeness (QED) is 0.884. The first-order chi connectivity index (χ1) is 8.13. The van der Waals surface area contributed by atoms with Gasteiger partial charge >= 0.3 is 0 Å². The van der Waals surface area contributed by atoms with Crippen molar-refractivity contribution >= 4 is 17.2 Å². The molecule has 1 saturated carbocycles. The van der Waals surface area contributed by atoms with E-state index in [1.54, 1.807) is 11.3 Å². The molecule has 3 rings (SSSR count). The van der Waals surface area contributed by atoms with E-state index < -0.39 is 0 Å². The van der Waals surface area contributed by atoms with E-state index >= 15 is 0 Å². The van der Waals surface area contributed by atoms with Crippen LogP contribution in [0.25, 0.3) is 10.6 Å². The van der Waals surface area contributed by atoms with E-state index in [1.807, 2.05) is 19.9 Å². The molecule has 2 aromatic heterocycles. The van der Waals surface area contributed by atoms with Gasteiger partial charge in [-0.05, 0) is 26.7 Å². The second-order valence-corrected chi connectivity index (χ2v) is 5.66. The van der Waals surface area contributed by atoms with Crippen LogP contribution < -0.4 is 5.73 Å². The molecule has 1 aliphatic rings. The normalized spacial score (nSPS) is 15.2. The fourth-order valence-electron chi connectivity index (χ4n) is 1.89. The Morgan fingerprint density at radius 2 is 2.00 bits per heavy atom. The van der Waals surface area contributed by atoms with Crippen LogP contribution in [0.3, 0.4) is 0 Å². The van der Waals surface area contributed by atoms with E-state index in [-0.39, 0.29) is 0 Å². The van der Waals surface area contributed by atoms with Crippen molar-refractivity contribution in [1.29, 1.82) is 0 Å². The van der Waals surface area contributed by atoms with Crippen molar-refractivity contribution < 1.29 is 0 Å². The van der Waals surface area contributed by atoms with E-state index in [2.05, 4.69) is 15.0 Å². The molecule has 0 saturated heterocycles. The number of rotatable bonds is 2. The van der Waals surface area contributed by atoms with E-state index in [9.17, 15) is 0 Å². The maximum atomic E-state index is 5.85. The fraction of sp³-hybridized carbons (Fsp3) is 0.417. The Balaban J connectivity index is 2.10. The largest absolute Gasteiger partial charge is 0.384 e. The average molecular weight is 246 g/mol. The van der Waals surface area contributed by atoms with Gasteiger partial charge in [0.1, 0.15) is 11.6 Å². The number of nitrogen functional groups attached to an aromatic ring is 1. The van der Waals surface area contributed by atoms with Gasteiger partial charge in [0, 0.05) is 12.0 Å². The number of nitrogens with two attached hydrogens (primary N) is 1. The summed E-state index contributed by atoms with van der Waals surface area (Å²) in [7, 11) is 0. The molecular weight excluding hydrogens is 232 g/mol. The highest BCUT2D eigenvalue weighted by atomic mass is 32.1. The Kier molecular flexibility index (Phi) is 2.36. The molecule has 88 valence electrons. The van der Waals surface area contributed by atoms with Crippen molar-refractivity contribution in [2.24, 2.45) is 0 Å². The molecule has 0 unspecified atom stereocenters. The maximum Gasteiger partial charge on any atom is 0.134 e. The predicted octanol–water partition coefficient (Wildman–Crippen LogP) is 2.68. The number of nitrogens with zero attached hydrogens (tertiary/aromatic N) is 3. The van der Waals surface area contributed by atoms with Crippen LogP contribution in [-0.4, -0.2) is 15.0 Å². The highest BCUT2D eigenvalue weighted by molar-refractivity contribution is 7.15. The summed E-state index contributed by atoms with van der Waals surface area (Å²) in [4.78, 5) is 14.5. The van der Waals surface area contributed by atoms with E-state index in [0.717, 1.165) is 27.1 Å². The minimum Gasteiger partial charge on any atom is -0.384 e. The standard InChI is InChI=1S/C12H14N4S/c1-6-11(17-7(2)14-6)9-5-10(13)16-12(15-9)8-3-4-8/h5,8H,3-4H2,1-2H3,(H2,13,15,16). The lowest BCUT2D eigenvalue weighted by molar-refractivity contribution is 0.936. The molecule has 2 aromatic rings. The second kappa shape index (κ2) is 3.77. The van der Waals surface area contributed by atoms with Crippen LogP contribution in [0.1, 0.15) is 35.3 Å². The van der Waals surface area contributed by atoms with Crippen molar-refractivity contribution in [3.63, 3.8) is 0 Å². The summed E-state index contributed by atoms with van der Waals surface area (Å²) in [5, 5.41) is 1.06. The summed E-state index contributed by atoms with van der Waals surface area (Å²) >= 11 is 1.66.